The van der Waals surface area contributed by atoms with Crippen molar-refractivity contribution in [1.29, 1.82) is 0 Å². The molecule has 1 aromatic rings. The molecule has 1 aliphatic heterocycles. The minimum absolute atomic E-state index is 0.155. The fourth-order valence-corrected chi connectivity index (χ4v) is 3.45. The van der Waals surface area contributed by atoms with E-state index in [1.165, 1.54) is 7.11 Å². The van der Waals surface area contributed by atoms with Gasteiger partial charge >= 0.3 is 23.9 Å². The topological polar surface area (TPSA) is 160 Å². The summed E-state index contributed by atoms with van der Waals surface area (Å²) in [6, 6.07) is 7.10. The van der Waals surface area contributed by atoms with Gasteiger partial charge in [0.2, 0.25) is 0 Å². The van der Waals surface area contributed by atoms with E-state index in [9.17, 15) is 9.59 Å². The van der Waals surface area contributed by atoms with Crippen LogP contribution in [-0.4, -0.2) is 74.6 Å². The Bertz CT molecular complexity index is 992. The van der Waals surface area contributed by atoms with Crippen molar-refractivity contribution in [2.24, 2.45) is 0 Å². The second-order valence-corrected chi connectivity index (χ2v) is 7.40. The number of ether oxygens (including phenoxy) is 3. The lowest BCUT2D eigenvalue weighted by Crippen LogP contribution is -2.35. The Hall–Kier alpha value is -3.41. The first-order valence-electron chi connectivity index (χ1n) is 10.5. The molecule has 0 fully saturated rings. The third kappa shape index (κ3) is 8.39. The monoisotopic (exact) mass is 512 g/mol. The van der Waals surface area contributed by atoms with Crippen molar-refractivity contribution < 1.29 is 43.6 Å². The largest absolute Gasteiger partial charge is 0.473 e. The number of halogens is 1. The van der Waals surface area contributed by atoms with Gasteiger partial charge in [-0.2, -0.15) is 0 Å². The highest BCUT2D eigenvalue weighted by molar-refractivity contribution is 6.31. The van der Waals surface area contributed by atoms with Crippen LogP contribution in [0.1, 0.15) is 25.3 Å². The molecule has 11 nitrogen and oxygen atoms in total. The van der Waals surface area contributed by atoms with E-state index in [-0.39, 0.29) is 18.8 Å². The summed E-state index contributed by atoms with van der Waals surface area (Å²) in [4.78, 5) is 43.8. The van der Waals surface area contributed by atoms with Crippen molar-refractivity contribution in [2.75, 3.05) is 40.5 Å². The fraction of sp³-hybridized carbons (Fsp3) is 0.391. The molecule has 1 aromatic carbocycles. The minimum atomic E-state index is -1.82. The van der Waals surface area contributed by atoms with Crippen molar-refractivity contribution in [2.45, 2.75) is 19.8 Å². The molecule has 0 saturated heterocycles. The van der Waals surface area contributed by atoms with Crippen molar-refractivity contribution in [3.05, 3.63) is 57.4 Å². The predicted molar refractivity (Wildman–Crippen MR) is 126 cm³/mol. The van der Waals surface area contributed by atoms with Crippen LogP contribution in [0.2, 0.25) is 5.02 Å². The van der Waals surface area contributed by atoms with Crippen LogP contribution in [0.5, 0.6) is 0 Å². The molecule has 0 radical (unpaired) electrons. The number of rotatable bonds is 9. The summed E-state index contributed by atoms with van der Waals surface area (Å²) in [5, 5.41) is 21.4. The molecular weight excluding hydrogens is 484 g/mol. The Kier molecular flexibility index (Phi) is 12.5. The molecule has 0 bridgehead atoms. The molecule has 0 aliphatic carbocycles. The number of esters is 2. The van der Waals surface area contributed by atoms with E-state index >= 15 is 0 Å². The number of likely N-dealkylation sites (N-methyl/N-ethyl adjacent to an activating group) is 1. The second-order valence-electron chi connectivity index (χ2n) is 6.99. The lowest BCUT2D eigenvalue weighted by molar-refractivity contribution is -0.159. The van der Waals surface area contributed by atoms with E-state index < -0.39 is 29.8 Å². The van der Waals surface area contributed by atoms with E-state index in [1.54, 1.807) is 38.1 Å². The van der Waals surface area contributed by atoms with Crippen LogP contribution < -0.4 is 10.6 Å². The Balaban J connectivity index is 0.000000905. The number of methoxy groups -OCH3 is 1. The summed E-state index contributed by atoms with van der Waals surface area (Å²) in [6.07, 6.45) is 0. The van der Waals surface area contributed by atoms with Crippen LogP contribution in [0, 0.1) is 0 Å². The summed E-state index contributed by atoms with van der Waals surface area (Å²) in [6.45, 7) is 4.96. The first-order valence-corrected chi connectivity index (χ1v) is 10.9. The summed E-state index contributed by atoms with van der Waals surface area (Å²) < 4.78 is 16.0. The van der Waals surface area contributed by atoms with Crippen molar-refractivity contribution in [1.82, 2.24) is 10.6 Å². The number of hydrogen-bond acceptors (Lipinski definition) is 9. The van der Waals surface area contributed by atoms with Gasteiger partial charge in [0.15, 0.2) is 0 Å². The molecule has 192 valence electrons. The Labute approximate surface area is 207 Å². The van der Waals surface area contributed by atoms with Crippen LogP contribution in [0.25, 0.3) is 0 Å². The Morgan fingerprint density at radius 1 is 1.09 bits per heavy atom. The normalized spacial score (nSPS) is 14.9. The number of carboxylic acid groups (broad SMARTS) is 2. The molecule has 1 atom stereocenters. The van der Waals surface area contributed by atoms with Crippen molar-refractivity contribution in [3.63, 3.8) is 0 Å². The van der Waals surface area contributed by atoms with E-state index in [4.69, 9.17) is 45.6 Å². The third-order valence-electron chi connectivity index (χ3n) is 4.69. The highest BCUT2D eigenvalue weighted by Crippen LogP contribution is 2.41. The number of aliphatic carboxylic acids is 2. The first-order chi connectivity index (χ1) is 16.6. The van der Waals surface area contributed by atoms with E-state index in [0.29, 0.717) is 40.7 Å². The van der Waals surface area contributed by atoms with Crippen LogP contribution in [0.4, 0.5) is 0 Å². The lowest BCUT2D eigenvalue weighted by Gasteiger charge is -2.31. The van der Waals surface area contributed by atoms with E-state index in [1.807, 2.05) is 7.05 Å². The maximum atomic E-state index is 12.9. The van der Waals surface area contributed by atoms with E-state index in [0.717, 1.165) is 0 Å². The van der Waals surface area contributed by atoms with Crippen LogP contribution in [0.3, 0.4) is 0 Å². The van der Waals surface area contributed by atoms with Crippen molar-refractivity contribution >= 4 is 35.5 Å². The van der Waals surface area contributed by atoms with Gasteiger partial charge in [0.25, 0.3) is 0 Å². The zero-order chi connectivity index (χ0) is 26.5. The maximum absolute atomic E-state index is 12.9. The highest BCUT2D eigenvalue weighted by Gasteiger charge is 2.39. The highest BCUT2D eigenvalue weighted by atomic mass is 35.5. The number of benzene rings is 1. The first kappa shape index (κ1) is 29.6. The summed E-state index contributed by atoms with van der Waals surface area (Å²) >= 11 is 6.45. The predicted octanol–water partition coefficient (Wildman–Crippen LogP) is 1.68. The zero-order valence-electron chi connectivity index (χ0n) is 19.8. The van der Waals surface area contributed by atoms with Gasteiger partial charge in [0, 0.05) is 17.3 Å². The fourth-order valence-electron chi connectivity index (χ4n) is 3.21. The van der Waals surface area contributed by atoms with Gasteiger partial charge in [0.1, 0.15) is 0 Å². The summed E-state index contributed by atoms with van der Waals surface area (Å²) in [5.74, 6) is -5.47. The average Bonchev–Trinajstić information content (AvgIpc) is 2.81. The van der Waals surface area contributed by atoms with Gasteiger partial charge < -0.3 is 35.1 Å². The molecule has 1 heterocycles. The molecule has 0 amide bonds. The molecule has 0 spiro atoms. The second kappa shape index (κ2) is 14.8. The number of nitrogens with one attached hydrogen (secondary N) is 2. The Morgan fingerprint density at radius 2 is 1.71 bits per heavy atom. The van der Waals surface area contributed by atoms with Gasteiger partial charge in [0.05, 0.1) is 49.7 Å². The number of dihydropyridines is 1. The molecule has 1 unspecified atom stereocenters. The van der Waals surface area contributed by atoms with Crippen LogP contribution in [0.15, 0.2) is 46.8 Å². The van der Waals surface area contributed by atoms with Crippen molar-refractivity contribution in [3.8, 4) is 0 Å². The number of carboxylic acids is 2. The molecular formula is C23H29ClN2O9. The minimum Gasteiger partial charge on any atom is -0.473 e. The average molecular weight is 513 g/mol. The molecule has 12 heteroatoms. The van der Waals surface area contributed by atoms with Gasteiger partial charge in [-0.3, -0.25) is 0 Å². The molecule has 0 aromatic heterocycles. The smallest absolute Gasteiger partial charge is 0.414 e. The maximum Gasteiger partial charge on any atom is 0.414 e. The molecule has 35 heavy (non-hydrogen) atoms. The third-order valence-corrected chi connectivity index (χ3v) is 5.03. The number of hydrogen-bond donors (Lipinski definition) is 4. The SMILES string of the molecule is CCOC(=O)C1=C(COCCNC)NC(C)=C(C(=O)OC)C1c1ccccc1Cl.O=C(O)C(=O)O. The van der Waals surface area contributed by atoms with Gasteiger partial charge in [-0.05, 0) is 32.5 Å². The summed E-state index contributed by atoms with van der Waals surface area (Å²) in [7, 11) is 3.13. The zero-order valence-corrected chi connectivity index (χ0v) is 20.6. The lowest BCUT2D eigenvalue weighted by atomic mass is 9.80. The quantitative estimate of drug-likeness (QED) is 0.216. The Morgan fingerprint density at radius 3 is 2.23 bits per heavy atom. The van der Waals surface area contributed by atoms with Gasteiger partial charge in [-0.15, -0.1) is 0 Å². The van der Waals surface area contributed by atoms with Gasteiger partial charge in [-0.1, -0.05) is 29.8 Å². The summed E-state index contributed by atoms with van der Waals surface area (Å²) in [5.41, 5.74) is 2.32. The molecule has 2 rings (SSSR count). The number of allylic oxidation sites excluding steroid dienone is 1. The number of carbonyl (C=O) groups excluding carboxylic acids is 2. The van der Waals surface area contributed by atoms with E-state index in [2.05, 4.69) is 10.6 Å². The van der Waals surface area contributed by atoms with Crippen LogP contribution in [-0.2, 0) is 33.4 Å². The molecule has 0 saturated carbocycles. The standard InChI is InChI=1S/C21H27ClN2O5.C2H2O4/c1-5-29-21(26)19-16(12-28-11-10-23-3)24-13(2)17(20(25)27-4)18(19)14-8-6-7-9-15(14)22;3-1(4)2(5)6/h6-9,18,23-24H,5,10-12H2,1-4H3;(H,3,4)(H,5,6). The molecule has 4 N–H and O–H groups in total. The number of carbonyl (C=O) groups is 4. The van der Waals surface area contributed by atoms with Crippen LogP contribution >= 0.6 is 11.6 Å². The van der Waals surface area contributed by atoms with Gasteiger partial charge in [-0.25, -0.2) is 19.2 Å². The molecule has 1 aliphatic rings.